The topological polar surface area (TPSA) is 53.4 Å². The van der Waals surface area contributed by atoms with Gasteiger partial charge in [-0.2, -0.15) is 0 Å². The van der Waals surface area contributed by atoms with Crippen LogP contribution in [0.15, 0.2) is 28.8 Å². The maximum absolute atomic E-state index is 9.34. The van der Waals surface area contributed by atoms with Gasteiger partial charge in [0.2, 0.25) is 0 Å². The lowest BCUT2D eigenvalue weighted by Crippen LogP contribution is -1.93. The van der Waals surface area contributed by atoms with Gasteiger partial charge in [-0.25, -0.2) is 4.98 Å². The lowest BCUT2D eigenvalue weighted by atomic mass is 10.3. The molecule has 1 aromatic heterocycles. The second kappa shape index (κ2) is 2.07. The molecule has 0 amide bonds. The van der Waals surface area contributed by atoms with Crippen molar-refractivity contribution in [3.63, 3.8) is 0 Å². The van der Waals surface area contributed by atoms with Crippen molar-refractivity contribution in [3.8, 4) is 0 Å². The number of aromatic nitrogens is 1. The highest BCUT2D eigenvalue weighted by Crippen LogP contribution is 2.54. The smallest absolute Gasteiger partial charge is 0.158 e. The summed E-state index contributed by atoms with van der Waals surface area (Å²) in [6.07, 6.45) is 3.23. The SMILES string of the molecule is OS1(O)C=Cc2cccnc21. The number of rotatable bonds is 0. The van der Waals surface area contributed by atoms with E-state index < -0.39 is 10.6 Å². The van der Waals surface area contributed by atoms with Crippen molar-refractivity contribution >= 4 is 16.7 Å². The van der Waals surface area contributed by atoms with Crippen LogP contribution in [0.1, 0.15) is 5.56 Å². The first-order valence-electron chi connectivity index (χ1n) is 3.11. The van der Waals surface area contributed by atoms with Crippen molar-refractivity contribution in [2.45, 2.75) is 5.03 Å². The normalized spacial score (nSPS) is 21.3. The van der Waals surface area contributed by atoms with Gasteiger partial charge in [0.05, 0.1) is 0 Å². The third-order valence-electron chi connectivity index (χ3n) is 1.52. The molecule has 2 rings (SSSR count). The molecule has 1 aliphatic rings. The third kappa shape index (κ3) is 0.956. The molecule has 0 bridgehead atoms. The van der Waals surface area contributed by atoms with Crippen molar-refractivity contribution in [1.82, 2.24) is 4.98 Å². The Morgan fingerprint density at radius 3 is 2.91 bits per heavy atom. The van der Waals surface area contributed by atoms with E-state index in [0.717, 1.165) is 5.56 Å². The molecule has 2 N–H and O–H groups in total. The highest BCUT2D eigenvalue weighted by atomic mass is 32.3. The summed E-state index contributed by atoms with van der Waals surface area (Å²) >= 11 is 0. The number of hydrogen-bond acceptors (Lipinski definition) is 3. The van der Waals surface area contributed by atoms with Crippen molar-refractivity contribution < 1.29 is 9.11 Å². The number of fused-ring (bicyclic) bond motifs is 1. The Morgan fingerprint density at radius 2 is 2.18 bits per heavy atom. The summed E-state index contributed by atoms with van der Waals surface area (Å²) in [6, 6.07) is 3.57. The van der Waals surface area contributed by atoms with Crippen molar-refractivity contribution in [3.05, 3.63) is 29.3 Å². The first kappa shape index (κ1) is 6.84. The van der Waals surface area contributed by atoms with E-state index >= 15 is 0 Å². The summed E-state index contributed by atoms with van der Waals surface area (Å²) in [7, 11) is -2.70. The van der Waals surface area contributed by atoms with Gasteiger partial charge in [-0.05, 0) is 18.2 Å². The van der Waals surface area contributed by atoms with E-state index in [1.54, 1.807) is 24.4 Å². The van der Waals surface area contributed by atoms with Crippen LogP contribution in [0.3, 0.4) is 0 Å². The lowest BCUT2D eigenvalue weighted by Gasteiger charge is -2.23. The number of hydrogen-bond donors (Lipinski definition) is 2. The van der Waals surface area contributed by atoms with Gasteiger partial charge in [0, 0.05) is 17.2 Å². The Labute approximate surface area is 65.8 Å². The largest absolute Gasteiger partial charge is 0.289 e. The molecule has 0 saturated heterocycles. The molecule has 0 spiro atoms. The molecule has 0 aliphatic carbocycles. The fraction of sp³-hybridized carbons (Fsp3) is 0. The summed E-state index contributed by atoms with van der Waals surface area (Å²) in [6.45, 7) is 0. The van der Waals surface area contributed by atoms with Crippen LogP contribution in [0, 0.1) is 0 Å². The van der Waals surface area contributed by atoms with E-state index in [1.807, 2.05) is 0 Å². The maximum atomic E-state index is 9.34. The van der Waals surface area contributed by atoms with Gasteiger partial charge in [-0.15, -0.1) is 10.6 Å². The Hall–Kier alpha value is -0.840. The van der Waals surface area contributed by atoms with Crippen LogP contribution in [0.25, 0.3) is 6.08 Å². The molecule has 0 radical (unpaired) electrons. The first-order valence-corrected chi connectivity index (χ1v) is 4.72. The Morgan fingerprint density at radius 1 is 1.36 bits per heavy atom. The number of pyridine rings is 1. The van der Waals surface area contributed by atoms with E-state index in [-0.39, 0.29) is 0 Å². The van der Waals surface area contributed by atoms with E-state index in [2.05, 4.69) is 4.98 Å². The van der Waals surface area contributed by atoms with Crippen LogP contribution >= 0.6 is 10.6 Å². The summed E-state index contributed by atoms with van der Waals surface area (Å²) in [5.74, 6) is 0. The molecule has 0 aromatic carbocycles. The highest BCUT2D eigenvalue weighted by molar-refractivity contribution is 8.27. The third-order valence-corrected chi connectivity index (χ3v) is 2.95. The van der Waals surface area contributed by atoms with Gasteiger partial charge in [0.15, 0.2) is 5.03 Å². The van der Waals surface area contributed by atoms with E-state index in [0.29, 0.717) is 5.03 Å². The molecule has 2 heterocycles. The van der Waals surface area contributed by atoms with E-state index in [9.17, 15) is 9.11 Å². The van der Waals surface area contributed by atoms with Crippen LogP contribution in [0.4, 0.5) is 0 Å². The molecule has 0 unspecified atom stereocenters. The molecule has 0 fully saturated rings. The Balaban J connectivity index is 2.64. The van der Waals surface area contributed by atoms with Gasteiger partial charge in [0.25, 0.3) is 0 Å². The Kier molecular flexibility index (Phi) is 1.29. The monoisotopic (exact) mass is 169 g/mol. The molecule has 4 heteroatoms. The Bertz CT molecular complexity index is 322. The molecule has 1 aliphatic heterocycles. The molecule has 0 atom stereocenters. The summed E-state index contributed by atoms with van der Waals surface area (Å²) in [5.41, 5.74) is 0.799. The van der Waals surface area contributed by atoms with E-state index in [4.69, 9.17) is 0 Å². The van der Waals surface area contributed by atoms with Crippen LogP contribution in [0.5, 0.6) is 0 Å². The van der Waals surface area contributed by atoms with Crippen molar-refractivity contribution in [2.24, 2.45) is 0 Å². The second-order valence-electron chi connectivity index (χ2n) is 2.29. The minimum Gasteiger partial charge on any atom is -0.289 e. The lowest BCUT2D eigenvalue weighted by molar-refractivity contribution is 0.496. The van der Waals surface area contributed by atoms with Crippen LogP contribution in [-0.4, -0.2) is 14.1 Å². The zero-order valence-electron chi connectivity index (χ0n) is 5.64. The van der Waals surface area contributed by atoms with Crippen molar-refractivity contribution in [1.29, 1.82) is 0 Å². The molecule has 1 aromatic rings. The standard InChI is InChI=1S/C7H7NO2S/c9-11(10)5-3-6-2-1-4-8-7(6)11/h1-5,9-10H. The molecule has 0 saturated carbocycles. The van der Waals surface area contributed by atoms with Crippen molar-refractivity contribution in [2.75, 3.05) is 0 Å². The zero-order valence-corrected chi connectivity index (χ0v) is 6.45. The summed E-state index contributed by atoms with van der Waals surface area (Å²) in [5, 5.41) is 1.78. The zero-order chi connectivity index (χ0) is 7.90. The summed E-state index contributed by atoms with van der Waals surface area (Å²) in [4.78, 5) is 3.89. The summed E-state index contributed by atoms with van der Waals surface area (Å²) < 4.78 is 18.7. The fourth-order valence-corrected chi connectivity index (χ4v) is 2.18. The van der Waals surface area contributed by atoms with Crippen LogP contribution < -0.4 is 0 Å². The fourth-order valence-electron chi connectivity index (χ4n) is 1.01. The van der Waals surface area contributed by atoms with Crippen LogP contribution in [0.2, 0.25) is 0 Å². The molecule has 58 valence electrons. The first-order chi connectivity index (χ1) is 5.20. The number of nitrogens with zero attached hydrogens (tertiary/aromatic N) is 1. The van der Waals surface area contributed by atoms with Gasteiger partial charge in [-0.1, -0.05) is 0 Å². The van der Waals surface area contributed by atoms with E-state index in [1.165, 1.54) is 5.41 Å². The maximum Gasteiger partial charge on any atom is 0.158 e. The molecular formula is C7H7NO2S. The second-order valence-corrected chi connectivity index (χ2v) is 4.14. The average Bonchev–Trinajstić information content (AvgIpc) is 2.29. The quantitative estimate of drug-likeness (QED) is 0.625. The predicted octanol–water partition coefficient (Wildman–Crippen LogP) is 2.18. The minimum absolute atomic E-state index is 0.389. The van der Waals surface area contributed by atoms with Gasteiger partial charge >= 0.3 is 0 Å². The molecular weight excluding hydrogens is 162 g/mol. The molecule has 3 nitrogen and oxygen atoms in total. The minimum atomic E-state index is -2.70. The average molecular weight is 169 g/mol. The van der Waals surface area contributed by atoms with Gasteiger partial charge < -0.3 is 0 Å². The van der Waals surface area contributed by atoms with Gasteiger partial charge in [0.1, 0.15) is 0 Å². The van der Waals surface area contributed by atoms with Gasteiger partial charge in [-0.3, -0.25) is 9.11 Å². The van der Waals surface area contributed by atoms with Crippen LogP contribution in [-0.2, 0) is 0 Å². The predicted molar refractivity (Wildman–Crippen MR) is 44.4 cm³/mol. The highest BCUT2D eigenvalue weighted by Gasteiger charge is 2.21. The molecule has 11 heavy (non-hydrogen) atoms.